The number of nitrogens with zero attached hydrogens (tertiary/aromatic N) is 1. The summed E-state index contributed by atoms with van der Waals surface area (Å²) in [5.74, 6) is 1.72. The highest BCUT2D eigenvalue weighted by Crippen LogP contribution is 2.24. The van der Waals surface area contributed by atoms with Gasteiger partial charge in [-0.3, -0.25) is 4.79 Å². The molecule has 20 heavy (non-hydrogen) atoms. The first-order valence-corrected chi connectivity index (χ1v) is 8.28. The number of rotatable bonds is 6. The van der Waals surface area contributed by atoms with Crippen LogP contribution >= 0.6 is 11.8 Å². The van der Waals surface area contributed by atoms with Crippen LogP contribution in [0.1, 0.15) is 32.1 Å². The maximum Gasteiger partial charge on any atom is 0.230 e. The van der Waals surface area contributed by atoms with Gasteiger partial charge in [-0.1, -0.05) is 32.4 Å². The standard InChI is InChI=1S/C15H21N3OS/c1-4-10(2)14(18-13(19)9-20-3)15-16-11-7-5-6-8-12(11)17-15/h5-8,10,14H,4,9H2,1-3H3,(H,16,17)(H,18,19)/t10-,14-/m0/s1. The molecule has 0 bridgehead atoms. The molecule has 1 aromatic heterocycles. The van der Waals surface area contributed by atoms with E-state index in [2.05, 4.69) is 29.1 Å². The van der Waals surface area contributed by atoms with Gasteiger partial charge in [0.25, 0.3) is 0 Å². The van der Waals surface area contributed by atoms with Crippen molar-refractivity contribution in [3.63, 3.8) is 0 Å². The Bertz CT molecular complexity index is 548. The maximum atomic E-state index is 11.9. The molecule has 0 fully saturated rings. The summed E-state index contributed by atoms with van der Waals surface area (Å²) in [5, 5.41) is 3.09. The number of amides is 1. The molecule has 0 saturated carbocycles. The van der Waals surface area contributed by atoms with Gasteiger partial charge in [0.05, 0.1) is 22.8 Å². The van der Waals surface area contributed by atoms with E-state index in [-0.39, 0.29) is 11.9 Å². The van der Waals surface area contributed by atoms with Crippen LogP contribution in [-0.2, 0) is 4.79 Å². The quantitative estimate of drug-likeness (QED) is 0.859. The lowest BCUT2D eigenvalue weighted by Crippen LogP contribution is -2.34. The first-order valence-electron chi connectivity index (χ1n) is 6.88. The molecule has 0 saturated heterocycles. The van der Waals surface area contributed by atoms with Crippen molar-refractivity contribution in [3.8, 4) is 0 Å². The minimum Gasteiger partial charge on any atom is -0.345 e. The summed E-state index contributed by atoms with van der Waals surface area (Å²) < 4.78 is 0. The second-order valence-electron chi connectivity index (χ2n) is 5.00. The van der Waals surface area contributed by atoms with Gasteiger partial charge in [-0.2, -0.15) is 11.8 Å². The molecule has 2 atom stereocenters. The van der Waals surface area contributed by atoms with Crippen LogP contribution < -0.4 is 5.32 Å². The highest BCUT2D eigenvalue weighted by atomic mass is 32.2. The summed E-state index contributed by atoms with van der Waals surface area (Å²) in [6.45, 7) is 4.26. The van der Waals surface area contributed by atoms with Crippen molar-refractivity contribution in [2.75, 3.05) is 12.0 Å². The van der Waals surface area contributed by atoms with Gasteiger partial charge in [-0.15, -0.1) is 0 Å². The molecule has 0 spiro atoms. The molecular formula is C15H21N3OS. The van der Waals surface area contributed by atoms with Gasteiger partial charge in [-0.05, 0) is 24.3 Å². The Kier molecular flexibility index (Phi) is 5.06. The Labute approximate surface area is 123 Å². The number of hydrogen-bond donors (Lipinski definition) is 2. The first-order chi connectivity index (χ1) is 9.65. The van der Waals surface area contributed by atoms with E-state index in [0.717, 1.165) is 23.3 Å². The van der Waals surface area contributed by atoms with Crippen molar-refractivity contribution in [3.05, 3.63) is 30.1 Å². The number of aromatic amines is 1. The van der Waals surface area contributed by atoms with Gasteiger partial charge in [0.1, 0.15) is 5.82 Å². The molecule has 0 aliphatic heterocycles. The lowest BCUT2D eigenvalue weighted by molar-refractivity contribution is -0.119. The van der Waals surface area contributed by atoms with E-state index in [0.29, 0.717) is 11.7 Å². The number of benzene rings is 1. The van der Waals surface area contributed by atoms with E-state index in [4.69, 9.17) is 0 Å². The minimum atomic E-state index is -0.0629. The normalized spacial score (nSPS) is 14.2. The molecule has 5 heteroatoms. The lowest BCUT2D eigenvalue weighted by Gasteiger charge is -2.22. The van der Waals surface area contributed by atoms with Gasteiger partial charge in [0, 0.05) is 0 Å². The average molecular weight is 291 g/mol. The highest BCUT2D eigenvalue weighted by Gasteiger charge is 2.23. The zero-order valence-corrected chi connectivity index (χ0v) is 13.0. The molecule has 108 valence electrons. The van der Waals surface area contributed by atoms with E-state index in [1.165, 1.54) is 11.8 Å². The maximum absolute atomic E-state index is 11.9. The molecule has 1 aromatic carbocycles. The van der Waals surface area contributed by atoms with Crippen LogP contribution in [0, 0.1) is 5.92 Å². The van der Waals surface area contributed by atoms with E-state index >= 15 is 0 Å². The second-order valence-corrected chi connectivity index (χ2v) is 5.87. The van der Waals surface area contributed by atoms with Crippen molar-refractivity contribution in [1.82, 2.24) is 15.3 Å². The summed E-state index contributed by atoms with van der Waals surface area (Å²) in [5.41, 5.74) is 1.95. The highest BCUT2D eigenvalue weighted by molar-refractivity contribution is 7.99. The smallest absolute Gasteiger partial charge is 0.230 e. The molecule has 2 aromatic rings. The van der Waals surface area contributed by atoms with Crippen LogP contribution in [0.25, 0.3) is 11.0 Å². The van der Waals surface area contributed by atoms with Crippen molar-refractivity contribution in [2.24, 2.45) is 5.92 Å². The fourth-order valence-electron chi connectivity index (χ4n) is 2.18. The van der Waals surface area contributed by atoms with E-state index in [1.54, 1.807) is 0 Å². The van der Waals surface area contributed by atoms with E-state index < -0.39 is 0 Å². The molecule has 4 nitrogen and oxygen atoms in total. The monoisotopic (exact) mass is 291 g/mol. The zero-order valence-electron chi connectivity index (χ0n) is 12.1. The predicted octanol–water partition coefficient (Wildman–Crippen LogP) is 3.13. The summed E-state index contributed by atoms with van der Waals surface area (Å²) >= 11 is 1.53. The Balaban J connectivity index is 2.27. The van der Waals surface area contributed by atoms with Crippen LogP contribution in [-0.4, -0.2) is 27.9 Å². The van der Waals surface area contributed by atoms with Gasteiger partial charge in [0.2, 0.25) is 5.91 Å². The van der Waals surface area contributed by atoms with Gasteiger partial charge < -0.3 is 10.3 Å². The summed E-state index contributed by atoms with van der Waals surface area (Å²) in [4.78, 5) is 19.8. The zero-order chi connectivity index (χ0) is 14.5. The van der Waals surface area contributed by atoms with Crippen LogP contribution in [0.4, 0.5) is 0 Å². The number of fused-ring (bicyclic) bond motifs is 1. The Morgan fingerprint density at radius 1 is 1.45 bits per heavy atom. The number of carbonyl (C=O) groups excluding carboxylic acids is 1. The number of aromatic nitrogens is 2. The Hall–Kier alpha value is -1.49. The van der Waals surface area contributed by atoms with Crippen molar-refractivity contribution in [1.29, 1.82) is 0 Å². The number of para-hydroxylation sites is 2. The van der Waals surface area contributed by atoms with Crippen LogP contribution in [0.2, 0.25) is 0 Å². The number of H-pyrrole nitrogens is 1. The summed E-state index contributed by atoms with van der Waals surface area (Å²) in [6.07, 6.45) is 2.92. The minimum absolute atomic E-state index is 0.0586. The fourth-order valence-corrected chi connectivity index (χ4v) is 2.53. The molecule has 0 radical (unpaired) electrons. The van der Waals surface area contributed by atoms with Crippen LogP contribution in [0.3, 0.4) is 0 Å². The Morgan fingerprint density at radius 2 is 2.20 bits per heavy atom. The molecule has 0 unspecified atom stereocenters. The largest absolute Gasteiger partial charge is 0.345 e. The lowest BCUT2D eigenvalue weighted by atomic mass is 9.98. The van der Waals surface area contributed by atoms with E-state index in [1.807, 2.05) is 30.5 Å². The number of hydrogen-bond acceptors (Lipinski definition) is 3. The topological polar surface area (TPSA) is 57.8 Å². The van der Waals surface area contributed by atoms with Gasteiger partial charge in [0.15, 0.2) is 0 Å². The van der Waals surface area contributed by atoms with Gasteiger partial charge >= 0.3 is 0 Å². The molecular weight excluding hydrogens is 270 g/mol. The number of carbonyl (C=O) groups is 1. The Morgan fingerprint density at radius 3 is 2.85 bits per heavy atom. The SMILES string of the molecule is CC[C@H](C)[C@H](NC(=O)CSC)c1nc2ccccc2[nH]1. The molecule has 2 N–H and O–H groups in total. The summed E-state index contributed by atoms with van der Waals surface area (Å²) in [7, 11) is 0. The van der Waals surface area contributed by atoms with Crippen LogP contribution in [0.5, 0.6) is 0 Å². The van der Waals surface area contributed by atoms with Crippen molar-refractivity contribution < 1.29 is 4.79 Å². The third kappa shape index (κ3) is 3.33. The number of thioether (sulfide) groups is 1. The van der Waals surface area contributed by atoms with Crippen LogP contribution in [0.15, 0.2) is 24.3 Å². The first kappa shape index (κ1) is 14.9. The van der Waals surface area contributed by atoms with E-state index in [9.17, 15) is 4.79 Å². The fraction of sp³-hybridized carbons (Fsp3) is 0.467. The third-order valence-electron chi connectivity index (χ3n) is 3.51. The molecule has 0 aliphatic carbocycles. The molecule has 1 amide bonds. The number of imidazole rings is 1. The number of nitrogens with one attached hydrogen (secondary N) is 2. The molecule has 0 aliphatic rings. The molecule has 2 rings (SSSR count). The average Bonchev–Trinajstić information content (AvgIpc) is 2.87. The second kappa shape index (κ2) is 6.79. The predicted molar refractivity (Wildman–Crippen MR) is 84.8 cm³/mol. The summed E-state index contributed by atoms with van der Waals surface area (Å²) in [6, 6.07) is 7.87. The van der Waals surface area contributed by atoms with Crippen molar-refractivity contribution >= 4 is 28.7 Å². The van der Waals surface area contributed by atoms with Crippen molar-refractivity contribution in [2.45, 2.75) is 26.3 Å². The third-order valence-corrected chi connectivity index (χ3v) is 4.06. The molecule has 1 heterocycles. The van der Waals surface area contributed by atoms with Gasteiger partial charge in [-0.25, -0.2) is 4.98 Å².